The molecule has 0 saturated heterocycles. The van der Waals surface area contributed by atoms with E-state index in [1.54, 1.807) is 49.4 Å². The van der Waals surface area contributed by atoms with Crippen molar-refractivity contribution in [2.24, 2.45) is 0 Å². The van der Waals surface area contributed by atoms with E-state index in [4.69, 9.17) is 4.74 Å². The van der Waals surface area contributed by atoms with E-state index in [0.29, 0.717) is 22.7 Å². The highest BCUT2D eigenvalue weighted by Crippen LogP contribution is 2.38. The third-order valence-corrected chi connectivity index (χ3v) is 4.95. The van der Waals surface area contributed by atoms with E-state index in [1.807, 2.05) is 12.1 Å². The van der Waals surface area contributed by atoms with Gasteiger partial charge in [-0.1, -0.05) is 18.2 Å². The van der Waals surface area contributed by atoms with Gasteiger partial charge in [0, 0.05) is 18.8 Å². The van der Waals surface area contributed by atoms with Gasteiger partial charge in [0.1, 0.15) is 11.5 Å². The molecule has 3 amide bonds. The van der Waals surface area contributed by atoms with Gasteiger partial charge in [0.25, 0.3) is 5.91 Å². The Labute approximate surface area is 156 Å². The van der Waals surface area contributed by atoms with Crippen molar-refractivity contribution >= 4 is 17.6 Å². The smallest absolute Gasteiger partial charge is 0.322 e. The maximum absolute atomic E-state index is 13.2. The fourth-order valence-electron chi connectivity index (χ4n) is 3.48. The van der Waals surface area contributed by atoms with Crippen LogP contribution in [0.25, 0.3) is 0 Å². The Morgan fingerprint density at radius 1 is 1.15 bits per heavy atom. The second-order valence-electron chi connectivity index (χ2n) is 6.49. The molecule has 1 atom stereocenters. The molecule has 2 aliphatic rings. The van der Waals surface area contributed by atoms with Gasteiger partial charge in [-0.2, -0.15) is 0 Å². The van der Waals surface area contributed by atoms with Crippen LogP contribution in [-0.2, 0) is 4.79 Å². The molecule has 0 fully saturated rings. The minimum Gasteiger partial charge on any atom is -0.508 e. The molecule has 2 N–H and O–H groups in total. The van der Waals surface area contributed by atoms with Gasteiger partial charge in [-0.25, -0.2) is 4.79 Å². The second kappa shape index (κ2) is 6.35. The molecule has 138 valence electrons. The van der Waals surface area contributed by atoms with Crippen LogP contribution >= 0.6 is 0 Å². The lowest BCUT2D eigenvalue weighted by molar-refractivity contribution is -0.114. The molecule has 0 saturated carbocycles. The number of nitrogens with zero attached hydrogens (tertiary/aromatic N) is 2. The molecular formula is C20H19N3O4. The highest BCUT2D eigenvalue weighted by Gasteiger charge is 2.43. The molecular weight excluding hydrogens is 346 g/mol. The number of phenolic OH excluding ortho intramolecular Hbond substituents is 1. The molecule has 0 radical (unpaired) electrons. The van der Waals surface area contributed by atoms with Crippen molar-refractivity contribution in [2.75, 3.05) is 25.6 Å². The van der Waals surface area contributed by atoms with E-state index in [2.05, 4.69) is 5.32 Å². The van der Waals surface area contributed by atoms with E-state index in [1.165, 1.54) is 11.0 Å². The summed E-state index contributed by atoms with van der Waals surface area (Å²) in [5.41, 5.74) is 2.58. The Hall–Kier alpha value is -3.48. The Kier molecular flexibility index (Phi) is 3.99. The van der Waals surface area contributed by atoms with Gasteiger partial charge in [-0.15, -0.1) is 0 Å². The van der Waals surface area contributed by atoms with Crippen molar-refractivity contribution < 1.29 is 19.4 Å². The molecule has 2 heterocycles. The van der Waals surface area contributed by atoms with E-state index in [9.17, 15) is 14.7 Å². The fraction of sp³-hybridized carbons (Fsp3) is 0.200. The summed E-state index contributed by atoms with van der Waals surface area (Å²) < 4.78 is 5.18. The first-order chi connectivity index (χ1) is 13.0. The monoisotopic (exact) mass is 365 g/mol. The lowest BCUT2D eigenvalue weighted by Crippen LogP contribution is -2.45. The summed E-state index contributed by atoms with van der Waals surface area (Å²) in [6.07, 6.45) is 0. The molecule has 2 aliphatic heterocycles. The van der Waals surface area contributed by atoms with Gasteiger partial charge in [0.05, 0.1) is 31.0 Å². The molecule has 4 rings (SSSR count). The fourth-order valence-corrected chi connectivity index (χ4v) is 3.48. The van der Waals surface area contributed by atoms with Crippen molar-refractivity contribution in [1.82, 2.24) is 10.2 Å². The van der Waals surface area contributed by atoms with Gasteiger partial charge >= 0.3 is 6.03 Å². The number of ether oxygens (including phenoxy) is 1. The van der Waals surface area contributed by atoms with Crippen LogP contribution < -0.4 is 15.0 Å². The summed E-state index contributed by atoms with van der Waals surface area (Å²) in [6, 6.07) is 13.0. The topological polar surface area (TPSA) is 82.1 Å². The normalized spacial score (nSPS) is 19.3. The average molecular weight is 365 g/mol. The summed E-state index contributed by atoms with van der Waals surface area (Å²) >= 11 is 0. The highest BCUT2D eigenvalue weighted by atomic mass is 16.5. The summed E-state index contributed by atoms with van der Waals surface area (Å²) in [4.78, 5) is 28.7. The van der Waals surface area contributed by atoms with Crippen LogP contribution in [0.1, 0.15) is 11.6 Å². The summed E-state index contributed by atoms with van der Waals surface area (Å²) in [5.74, 6) is 0.592. The summed E-state index contributed by atoms with van der Waals surface area (Å²) in [5, 5.41) is 12.6. The number of likely N-dealkylation sites (N-methyl/N-ethyl adjacent to an activating group) is 1. The number of hydrogen-bond acceptors (Lipinski definition) is 4. The molecule has 2 aromatic carbocycles. The van der Waals surface area contributed by atoms with Crippen molar-refractivity contribution in [3.8, 4) is 11.5 Å². The first-order valence-corrected chi connectivity index (χ1v) is 8.51. The molecule has 0 aromatic heterocycles. The van der Waals surface area contributed by atoms with Gasteiger partial charge in [-0.3, -0.25) is 9.69 Å². The molecule has 2 aromatic rings. The number of benzene rings is 2. The highest BCUT2D eigenvalue weighted by molar-refractivity contribution is 6.11. The standard InChI is InChI=1S/C20H19N3O4/c1-22-16-11-23(13-4-3-5-14(24)10-13)19(25)17(16)18(21-20(22)26)12-6-8-15(27-2)9-7-12/h3-10,18,24H,11H2,1-2H3,(H,21,26). The molecule has 0 bridgehead atoms. The lowest BCUT2D eigenvalue weighted by atomic mass is 9.95. The zero-order valence-corrected chi connectivity index (χ0v) is 15.0. The summed E-state index contributed by atoms with van der Waals surface area (Å²) in [6.45, 7) is 0.272. The van der Waals surface area contributed by atoms with Gasteiger partial charge in [0.2, 0.25) is 0 Å². The second-order valence-corrected chi connectivity index (χ2v) is 6.49. The van der Waals surface area contributed by atoms with E-state index in [-0.39, 0.29) is 24.2 Å². The number of carbonyl (C=O) groups excluding carboxylic acids is 2. The number of amides is 3. The third kappa shape index (κ3) is 2.77. The third-order valence-electron chi connectivity index (χ3n) is 4.95. The number of rotatable bonds is 3. The Balaban J connectivity index is 1.74. The Morgan fingerprint density at radius 3 is 2.56 bits per heavy atom. The SMILES string of the molecule is COc1ccc(C2NC(=O)N(C)C3=C2C(=O)N(c2cccc(O)c2)C3)cc1. The lowest BCUT2D eigenvalue weighted by Gasteiger charge is -2.31. The van der Waals surface area contributed by atoms with Crippen LogP contribution in [-0.4, -0.2) is 42.6 Å². The van der Waals surface area contributed by atoms with Crippen LogP contribution in [0.4, 0.5) is 10.5 Å². The number of methoxy groups -OCH3 is 1. The van der Waals surface area contributed by atoms with Crippen molar-refractivity contribution in [3.05, 3.63) is 65.4 Å². The van der Waals surface area contributed by atoms with Gasteiger partial charge < -0.3 is 20.1 Å². The molecule has 1 unspecified atom stereocenters. The first kappa shape index (κ1) is 17.0. The van der Waals surface area contributed by atoms with Crippen LogP contribution in [0, 0.1) is 0 Å². The minimum atomic E-state index is -0.538. The number of phenols is 1. The van der Waals surface area contributed by atoms with Crippen molar-refractivity contribution in [1.29, 1.82) is 0 Å². The van der Waals surface area contributed by atoms with Crippen LogP contribution in [0.15, 0.2) is 59.8 Å². The first-order valence-electron chi connectivity index (χ1n) is 8.51. The van der Waals surface area contributed by atoms with E-state index >= 15 is 0 Å². The Morgan fingerprint density at radius 2 is 1.89 bits per heavy atom. The number of carbonyl (C=O) groups is 2. The maximum atomic E-state index is 13.2. The molecule has 7 heteroatoms. The quantitative estimate of drug-likeness (QED) is 0.875. The van der Waals surface area contributed by atoms with Crippen LogP contribution in [0.5, 0.6) is 11.5 Å². The van der Waals surface area contributed by atoms with Crippen LogP contribution in [0.2, 0.25) is 0 Å². The molecule has 27 heavy (non-hydrogen) atoms. The molecule has 7 nitrogen and oxygen atoms in total. The Bertz CT molecular complexity index is 952. The number of anilines is 1. The maximum Gasteiger partial charge on any atom is 0.322 e. The molecule has 0 spiro atoms. The zero-order chi connectivity index (χ0) is 19.1. The van der Waals surface area contributed by atoms with Crippen molar-refractivity contribution in [3.63, 3.8) is 0 Å². The van der Waals surface area contributed by atoms with Crippen LogP contribution in [0.3, 0.4) is 0 Å². The minimum absolute atomic E-state index is 0.0828. The number of urea groups is 1. The summed E-state index contributed by atoms with van der Waals surface area (Å²) in [7, 11) is 3.23. The number of aromatic hydroxyl groups is 1. The number of nitrogens with one attached hydrogen (secondary N) is 1. The van der Waals surface area contributed by atoms with E-state index < -0.39 is 6.04 Å². The van der Waals surface area contributed by atoms with Gasteiger partial charge in [0.15, 0.2) is 0 Å². The number of hydrogen-bond donors (Lipinski definition) is 2. The van der Waals surface area contributed by atoms with Gasteiger partial charge in [-0.05, 0) is 29.8 Å². The van der Waals surface area contributed by atoms with Crippen molar-refractivity contribution in [2.45, 2.75) is 6.04 Å². The predicted molar refractivity (Wildman–Crippen MR) is 99.5 cm³/mol. The predicted octanol–water partition coefficient (Wildman–Crippen LogP) is 2.40. The zero-order valence-electron chi connectivity index (χ0n) is 15.0. The molecule has 0 aliphatic carbocycles. The van der Waals surface area contributed by atoms with E-state index in [0.717, 1.165) is 5.56 Å². The largest absolute Gasteiger partial charge is 0.508 e. The average Bonchev–Trinajstić information content (AvgIpc) is 3.02.